The van der Waals surface area contributed by atoms with Gasteiger partial charge in [-0.25, -0.2) is 0 Å². The maximum Gasteiger partial charge on any atom is 0.306 e. The van der Waals surface area contributed by atoms with Crippen molar-refractivity contribution in [3.05, 3.63) is 0 Å². The molecule has 5 heteroatoms. The smallest absolute Gasteiger partial charge is 0.306 e. The molecule has 2 rings (SSSR count). The van der Waals surface area contributed by atoms with Gasteiger partial charge in [0, 0.05) is 26.2 Å². The summed E-state index contributed by atoms with van der Waals surface area (Å²) in [5.74, 6) is -0.786. The minimum Gasteiger partial charge on any atom is -0.481 e. The first-order chi connectivity index (χ1) is 8.24. The fourth-order valence-electron chi connectivity index (χ4n) is 2.50. The molecule has 0 saturated carbocycles. The van der Waals surface area contributed by atoms with Crippen molar-refractivity contribution in [1.29, 1.82) is 0 Å². The third-order valence-corrected chi connectivity index (χ3v) is 3.36. The number of nitrogens with zero attached hydrogens (tertiary/aromatic N) is 1. The number of carboxylic acid groups (broad SMARTS) is 1. The Balaban J connectivity index is 1.74. The monoisotopic (exact) mass is 243 g/mol. The van der Waals surface area contributed by atoms with Crippen molar-refractivity contribution in [3.8, 4) is 0 Å². The van der Waals surface area contributed by atoms with Crippen molar-refractivity contribution in [1.82, 2.24) is 4.90 Å². The summed E-state index contributed by atoms with van der Waals surface area (Å²) in [6.07, 6.45) is 3.80. The normalized spacial score (nSPS) is 31.3. The molecule has 0 spiro atoms. The molecule has 2 aliphatic heterocycles. The number of hydrogen-bond donors (Lipinski definition) is 1. The van der Waals surface area contributed by atoms with Crippen LogP contribution in [0.4, 0.5) is 0 Å². The Morgan fingerprint density at radius 2 is 2.06 bits per heavy atom. The summed E-state index contributed by atoms with van der Waals surface area (Å²) in [5.41, 5.74) is 0. The minimum absolute atomic E-state index is 0.0992. The molecule has 2 saturated heterocycles. The largest absolute Gasteiger partial charge is 0.481 e. The van der Waals surface area contributed by atoms with Gasteiger partial charge < -0.3 is 14.6 Å². The molecule has 1 N–H and O–H groups in total. The lowest BCUT2D eigenvalue weighted by Gasteiger charge is -2.35. The molecular weight excluding hydrogens is 222 g/mol. The van der Waals surface area contributed by atoms with E-state index in [1.54, 1.807) is 0 Å². The summed E-state index contributed by atoms with van der Waals surface area (Å²) in [6.45, 7) is 4.01. The molecule has 0 aromatic heterocycles. The quantitative estimate of drug-likeness (QED) is 0.789. The van der Waals surface area contributed by atoms with Crippen LogP contribution in [0.3, 0.4) is 0 Å². The molecule has 2 atom stereocenters. The number of carboxylic acids is 1. The number of ether oxygens (including phenoxy) is 2. The first kappa shape index (κ1) is 12.8. The van der Waals surface area contributed by atoms with Crippen LogP contribution in [0.25, 0.3) is 0 Å². The maximum absolute atomic E-state index is 10.6. The zero-order chi connectivity index (χ0) is 12.1. The summed E-state index contributed by atoms with van der Waals surface area (Å²) in [5, 5.41) is 8.75. The topological polar surface area (TPSA) is 59.0 Å². The zero-order valence-electron chi connectivity index (χ0n) is 10.1. The fourth-order valence-corrected chi connectivity index (χ4v) is 2.50. The van der Waals surface area contributed by atoms with E-state index in [1.807, 2.05) is 0 Å². The molecule has 2 fully saturated rings. The maximum atomic E-state index is 10.6. The summed E-state index contributed by atoms with van der Waals surface area (Å²) in [6, 6.07) is 0. The van der Waals surface area contributed by atoms with Gasteiger partial charge >= 0.3 is 5.97 Å². The number of rotatable bonds is 4. The molecule has 5 nitrogen and oxygen atoms in total. The summed E-state index contributed by atoms with van der Waals surface area (Å²) >= 11 is 0. The average Bonchev–Trinajstić information content (AvgIpc) is 2.30. The van der Waals surface area contributed by atoms with Gasteiger partial charge in [-0.15, -0.1) is 0 Å². The lowest BCUT2D eigenvalue weighted by atomic mass is 10.1. The van der Waals surface area contributed by atoms with Crippen LogP contribution in [-0.2, 0) is 14.3 Å². The molecule has 2 unspecified atom stereocenters. The van der Waals surface area contributed by atoms with E-state index in [0.29, 0.717) is 19.3 Å². The SMILES string of the molecule is O=C(O)CC1CN(CC2CCCCO2)CCO1. The molecular formula is C12H21NO4. The summed E-state index contributed by atoms with van der Waals surface area (Å²) < 4.78 is 11.1. The van der Waals surface area contributed by atoms with Crippen molar-refractivity contribution in [2.24, 2.45) is 0 Å². The highest BCUT2D eigenvalue weighted by Gasteiger charge is 2.25. The van der Waals surface area contributed by atoms with Crippen molar-refractivity contribution >= 4 is 5.97 Å². The molecule has 0 radical (unpaired) electrons. The molecule has 17 heavy (non-hydrogen) atoms. The third kappa shape index (κ3) is 4.26. The second-order valence-corrected chi connectivity index (χ2v) is 4.84. The van der Waals surface area contributed by atoms with Crippen LogP contribution in [0, 0.1) is 0 Å². The number of hydrogen-bond acceptors (Lipinski definition) is 4. The Morgan fingerprint density at radius 1 is 1.24 bits per heavy atom. The van der Waals surface area contributed by atoms with Gasteiger partial charge in [0.25, 0.3) is 0 Å². The number of carbonyl (C=O) groups is 1. The highest BCUT2D eigenvalue weighted by atomic mass is 16.5. The van der Waals surface area contributed by atoms with Crippen molar-refractivity contribution in [2.45, 2.75) is 37.9 Å². The number of morpholine rings is 1. The highest BCUT2D eigenvalue weighted by Crippen LogP contribution is 2.16. The van der Waals surface area contributed by atoms with E-state index < -0.39 is 5.97 Å². The summed E-state index contributed by atoms with van der Waals surface area (Å²) in [4.78, 5) is 12.9. The zero-order valence-corrected chi connectivity index (χ0v) is 10.1. The Kier molecular flexibility index (Phi) is 4.76. The van der Waals surface area contributed by atoms with E-state index in [0.717, 1.165) is 26.1 Å². The van der Waals surface area contributed by atoms with E-state index in [9.17, 15) is 4.79 Å². The first-order valence-electron chi connectivity index (χ1n) is 6.41. The predicted molar refractivity (Wildman–Crippen MR) is 62.0 cm³/mol. The fraction of sp³-hybridized carbons (Fsp3) is 0.917. The van der Waals surface area contributed by atoms with Crippen molar-refractivity contribution < 1.29 is 19.4 Å². The Bertz CT molecular complexity index is 253. The van der Waals surface area contributed by atoms with Gasteiger partial charge in [0.15, 0.2) is 0 Å². The van der Waals surface area contributed by atoms with Gasteiger partial charge in [-0.1, -0.05) is 0 Å². The van der Waals surface area contributed by atoms with Crippen LogP contribution in [0.15, 0.2) is 0 Å². The molecule has 0 aromatic carbocycles. The minimum atomic E-state index is -0.786. The average molecular weight is 243 g/mol. The third-order valence-electron chi connectivity index (χ3n) is 3.36. The molecule has 0 amide bonds. The van der Waals surface area contributed by atoms with Crippen LogP contribution >= 0.6 is 0 Å². The van der Waals surface area contributed by atoms with Gasteiger partial charge in [0.1, 0.15) is 0 Å². The van der Waals surface area contributed by atoms with E-state index in [-0.39, 0.29) is 12.5 Å². The van der Waals surface area contributed by atoms with Crippen LogP contribution < -0.4 is 0 Å². The molecule has 2 heterocycles. The second-order valence-electron chi connectivity index (χ2n) is 4.84. The molecule has 98 valence electrons. The van der Waals surface area contributed by atoms with E-state index in [2.05, 4.69) is 4.90 Å². The van der Waals surface area contributed by atoms with Gasteiger partial charge in [0.05, 0.1) is 25.2 Å². The van der Waals surface area contributed by atoms with Gasteiger partial charge in [-0.05, 0) is 19.3 Å². The first-order valence-corrected chi connectivity index (χ1v) is 6.41. The van der Waals surface area contributed by atoms with Gasteiger partial charge in [-0.2, -0.15) is 0 Å². The van der Waals surface area contributed by atoms with Crippen molar-refractivity contribution in [3.63, 3.8) is 0 Å². The second kappa shape index (κ2) is 6.33. The Labute approximate surface area is 102 Å². The predicted octanol–water partition coefficient (Wildman–Crippen LogP) is 0.731. The molecule has 0 aliphatic carbocycles. The standard InChI is InChI=1S/C12H21NO4/c14-12(15)7-11-9-13(4-6-17-11)8-10-3-1-2-5-16-10/h10-11H,1-9H2,(H,14,15). The Hall–Kier alpha value is -0.650. The van der Waals surface area contributed by atoms with E-state index >= 15 is 0 Å². The van der Waals surface area contributed by atoms with Crippen molar-refractivity contribution in [2.75, 3.05) is 32.8 Å². The summed E-state index contributed by atoms with van der Waals surface area (Å²) in [7, 11) is 0. The molecule has 0 bridgehead atoms. The molecule has 2 aliphatic rings. The highest BCUT2D eigenvalue weighted by molar-refractivity contribution is 5.67. The van der Waals surface area contributed by atoms with Gasteiger partial charge in [0.2, 0.25) is 0 Å². The van der Waals surface area contributed by atoms with Crippen LogP contribution in [-0.4, -0.2) is 61.0 Å². The Morgan fingerprint density at radius 3 is 2.76 bits per heavy atom. The lowest BCUT2D eigenvalue weighted by molar-refractivity contribution is -0.142. The van der Waals surface area contributed by atoms with Crippen LogP contribution in [0.2, 0.25) is 0 Å². The number of aliphatic carboxylic acids is 1. The van der Waals surface area contributed by atoms with E-state index in [1.165, 1.54) is 12.8 Å². The lowest BCUT2D eigenvalue weighted by Crippen LogP contribution is -2.47. The van der Waals surface area contributed by atoms with Gasteiger partial charge in [-0.3, -0.25) is 9.69 Å². The van der Waals surface area contributed by atoms with E-state index in [4.69, 9.17) is 14.6 Å². The van der Waals surface area contributed by atoms with Crippen LogP contribution in [0.5, 0.6) is 0 Å². The van der Waals surface area contributed by atoms with Crippen LogP contribution in [0.1, 0.15) is 25.7 Å². The molecule has 0 aromatic rings.